The molecular weight excluding hydrogens is 390 g/mol. The zero-order chi connectivity index (χ0) is 18.8. The molecular formula is C17H14ClN5O3S. The zero-order valence-corrected chi connectivity index (χ0v) is 15.5. The normalized spacial score (nSPS) is 12.2. The second kappa shape index (κ2) is 7.37. The summed E-state index contributed by atoms with van der Waals surface area (Å²) in [6.45, 7) is 0.183. The standard InChI is InChI=1S/C17H14ClN5O3S/c18-12-4-2-1-3-11(12)16-21-22-17(23(16)19)27-8-15(24)20-10-5-6-13-14(7-10)26-9-25-13/h1-7H,8-9,19H2,(H,20,24). The van der Waals surface area contributed by atoms with Crippen LogP contribution in [-0.2, 0) is 4.79 Å². The summed E-state index contributed by atoms with van der Waals surface area (Å²) in [5.41, 5.74) is 1.29. The molecule has 1 aliphatic heterocycles. The highest BCUT2D eigenvalue weighted by atomic mass is 35.5. The van der Waals surface area contributed by atoms with Crippen LogP contribution in [0.5, 0.6) is 11.5 Å². The van der Waals surface area contributed by atoms with Crippen molar-refractivity contribution in [2.75, 3.05) is 23.7 Å². The predicted molar refractivity (Wildman–Crippen MR) is 103 cm³/mol. The Balaban J connectivity index is 1.40. The average molecular weight is 404 g/mol. The van der Waals surface area contributed by atoms with Crippen molar-refractivity contribution in [3.63, 3.8) is 0 Å². The summed E-state index contributed by atoms with van der Waals surface area (Å²) in [6.07, 6.45) is 0. The number of hydrogen-bond acceptors (Lipinski definition) is 7. The van der Waals surface area contributed by atoms with Crippen LogP contribution in [0.2, 0.25) is 5.02 Å². The minimum atomic E-state index is -0.207. The molecule has 0 bridgehead atoms. The molecule has 4 rings (SSSR count). The number of hydrogen-bond donors (Lipinski definition) is 2. The first kappa shape index (κ1) is 17.5. The Morgan fingerprint density at radius 2 is 2.04 bits per heavy atom. The molecule has 10 heteroatoms. The highest BCUT2D eigenvalue weighted by molar-refractivity contribution is 7.99. The van der Waals surface area contributed by atoms with E-state index >= 15 is 0 Å². The second-order valence-electron chi connectivity index (χ2n) is 5.56. The van der Waals surface area contributed by atoms with Gasteiger partial charge in [0.1, 0.15) is 0 Å². The van der Waals surface area contributed by atoms with Crippen molar-refractivity contribution < 1.29 is 14.3 Å². The molecule has 0 aliphatic carbocycles. The van der Waals surface area contributed by atoms with Crippen LogP contribution in [-0.4, -0.2) is 33.3 Å². The smallest absolute Gasteiger partial charge is 0.234 e. The van der Waals surface area contributed by atoms with Gasteiger partial charge >= 0.3 is 0 Å². The lowest BCUT2D eigenvalue weighted by Crippen LogP contribution is -2.16. The molecule has 0 spiro atoms. The predicted octanol–water partition coefficient (Wildman–Crippen LogP) is 2.77. The van der Waals surface area contributed by atoms with Gasteiger partial charge in [-0.05, 0) is 24.3 Å². The summed E-state index contributed by atoms with van der Waals surface area (Å²) in [5.74, 6) is 7.66. The third kappa shape index (κ3) is 3.64. The Hall–Kier alpha value is -2.91. The van der Waals surface area contributed by atoms with Crippen molar-refractivity contribution in [3.8, 4) is 22.9 Å². The van der Waals surface area contributed by atoms with E-state index in [9.17, 15) is 4.79 Å². The van der Waals surface area contributed by atoms with Gasteiger partial charge in [-0.25, -0.2) is 4.68 Å². The molecule has 0 unspecified atom stereocenters. The van der Waals surface area contributed by atoms with Crippen LogP contribution < -0.4 is 20.6 Å². The number of halogens is 1. The Morgan fingerprint density at radius 3 is 2.89 bits per heavy atom. The quantitative estimate of drug-likeness (QED) is 0.498. The number of ether oxygens (including phenoxy) is 2. The zero-order valence-electron chi connectivity index (χ0n) is 13.9. The molecule has 0 saturated carbocycles. The monoisotopic (exact) mass is 403 g/mol. The number of nitrogen functional groups attached to an aromatic ring is 1. The van der Waals surface area contributed by atoms with Crippen molar-refractivity contribution in [2.45, 2.75) is 5.16 Å². The maximum Gasteiger partial charge on any atom is 0.234 e. The van der Waals surface area contributed by atoms with Crippen LogP contribution in [0.4, 0.5) is 5.69 Å². The van der Waals surface area contributed by atoms with Gasteiger partial charge in [-0.3, -0.25) is 4.79 Å². The maximum atomic E-state index is 12.2. The fraction of sp³-hybridized carbons (Fsp3) is 0.118. The number of benzene rings is 2. The lowest BCUT2D eigenvalue weighted by Gasteiger charge is -2.07. The number of anilines is 1. The van der Waals surface area contributed by atoms with Crippen molar-refractivity contribution >= 4 is 35.0 Å². The second-order valence-corrected chi connectivity index (χ2v) is 6.91. The summed E-state index contributed by atoms with van der Waals surface area (Å²) in [7, 11) is 0. The summed E-state index contributed by atoms with van der Waals surface area (Å²) in [6, 6.07) is 12.4. The first-order valence-corrected chi connectivity index (χ1v) is 9.26. The Bertz CT molecular complexity index is 1010. The molecule has 27 heavy (non-hydrogen) atoms. The molecule has 138 valence electrons. The maximum absolute atomic E-state index is 12.2. The SMILES string of the molecule is Nn1c(SCC(=O)Nc2ccc3c(c2)OCO3)nnc1-c1ccccc1Cl. The first-order valence-electron chi connectivity index (χ1n) is 7.89. The van der Waals surface area contributed by atoms with E-state index in [2.05, 4.69) is 15.5 Å². The van der Waals surface area contributed by atoms with Gasteiger partial charge in [-0.15, -0.1) is 10.2 Å². The highest BCUT2D eigenvalue weighted by Gasteiger charge is 2.17. The topological polar surface area (TPSA) is 104 Å². The van der Waals surface area contributed by atoms with Gasteiger partial charge in [-0.1, -0.05) is 35.5 Å². The van der Waals surface area contributed by atoms with Gasteiger partial charge in [-0.2, -0.15) is 0 Å². The largest absolute Gasteiger partial charge is 0.454 e. The number of thioether (sulfide) groups is 1. The van der Waals surface area contributed by atoms with Crippen LogP contribution in [0.25, 0.3) is 11.4 Å². The van der Waals surface area contributed by atoms with Gasteiger partial charge in [0.2, 0.25) is 17.9 Å². The molecule has 0 saturated heterocycles. The molecule has 1 aromatic heterocycles. The van der Waals surface area contributed by atoms with Gasteiger partial charge in [0.25, 0.3) is 0 Å². The fourth-order valence-corrected chi connectivity index (χ4v) is 3.38. The number of fused-ring (bicyclic) bond motifs is 1. The van der Waals surface area contributed by atoms with Crippen LogP contribution >= 0.6 is 23.4 Å². The number of carbonyl (C=O) groups is 1. The lowest BCUT2D eigenvalue weighted by atomic mass is 10.2. The van der Waals surface area contributed by atoms with E-state index in [1.54, 1.807) is 30.3 Å². The van der Waals surface area contributed by atoms with Crippen LogP contribution in [0.1, 0.15) is 0 Å². The Morgan fingerprint density at radius 1 is 1.22 bits per heavy atom. The van der Waals surface area contributed by atoms with Crippen molar-refractivity contribution in [1.29, 1.82) is 0 Å². The average Bonchev–Trinajstić information content (AvgIpc) is 3.27. The minimum Gasteiger partial charge on any atom is -0.454 e. The summed E-state index contributed by atoms with van der Waals surface area (Å²) >= 11 is 7.35. The van der Waals surface area contributed by atoms with E-state index < -0.39 is 0 Å². The van der Waals surface area contributed by atoms with Gasteiger partial charge in [0, 0.05) is 17.3 Å². The number of aromatic nitrogens is 3. The number of carbonyl (C=O) groups excluding carboxylic acids is 1. The Kier molecular flexibility index (Phi) is 4.78. The van der Waals surface area contributed by atoms with Crippen molar-refractivity contribution in [1.82, 2.24) is 14.9 Å². The number of amides is 1. The molecule has 8 nitrogen and oxygen atoms in total. The van der Waals surface area contributed by atoms with Gasteiger partial charge in [0.05, 0.1) is 10.8 Å². The number of nitrogens with one attached hydrogen (secondary N) is 1. The number of nitrogens with two attached hydrogens (primary N) is 1. The summed E-state index contributed by atoms with van der Waals surface area (Å²) < 4.78 is 11.9. The fourth-order valence-electron chi connectivity index (χ4n) is 2.50. The highest BCUT2D eigenvalue weighted by Crippen LogP contribution is 2.34. The van der Waals surface area contributed by atoms with E-state index in [4.69, 9.17) is 26.9 Å². The van der Waals surface area contributed by atoms with E-state index in [0.29, 0.717) is 38.8 Å². The lowest BCUT2D eigenvalue weighted by molar-refractivity contribution is -0.113. The minimum absolute atomic E-state index is 0.117. The first-order chi connectivity index (χ1) is 13.1. The van der Waals surface area contributed by atoms with E-state index in [1.165, 1.54) is 16.4 Å². The Labute approximate surface area is 163 Å². The van der Waals surface area contributed by atoms with Crippen LogP contribution in [0.3, 0.4) is 0 Å². The van der Waals surface area contributed by atoms with Crippen molar-refractivity contribution in [3.05, 3.63) is 47.5 Å². The summed E-state index contributed by atoms with van der Waals surface area (Å²) in [4.78, 5) is 12.2. The van der Waals surface area contributed by atoms with E-state index in [0.717, 1.165) is 0 Å². The summed E-state index contributed by atoms with van der Waals surface area (Å²) in [5, 5.41) is 11.8. The van der Waals surface area contributed by atoms with Crippen LogP contribution in [0, 0.1) is 0 Å². The van der Waals surface area contributed by atoms with E-state index in [-0.39, 0.29) is 18.5 Å². The third-order valence-corrected chi connectivity index (χ3v) is 5.04. The van der Waals surface area contributed by atoms with E-state index in [1.807, 2.05) is 12.1 Å². The molecule has 1 aliphatic rings. The number of rotatable bonds is 5. The molecule has 2 aromatic carbocycles. The molecule has 0 radical (unpaired) electrons. The molecule has 2 heterocycles. The van der Waals surface area contributed by atoms with Crippen molar-refractivity contribution in [2.24, 2.45) is 0 Å². The number of nitrogens with zero attached hydrogens (tertiary/aromatic N) is 3. The van der Waals surface area contributed by atoms with Gasteiger partial charge < -0.3 is 20.6 Å². The molecule has 0 fully saturated rings. The molecule has 3 N–H and O–H groups in total. The molecule has 0 atom stereocenters. The molecule has 3 aromatic rings. The van der Waals surface area contributed by atoms with Gasteiger partial charge in [0.15, 0.2) is 17.3 Å². The third-order valence-electron chi connectivity index (χ3n) is 3.77. The molecule has 1 amide bonds. The van der Waals surface area contributed by atoms with Crippen LogP contribution in [0.15, 0.2) is 47.6 Å².